The van der Waals surface area contributed by atoms with Gasteiger partial charge in [-0.05, 0) is 85.9 Å². The van der Waals surface area contributed by atoms with Crippen molar-refractivity contribution in [3.8, 4) is 0 Å². The number of nitrogens with zero attached hydrogens (tertiary/aromatic N) is 2. The van der Waals surface area contributed by atoms with Gasteiger partial charge in [-0.1, -0.05) is 63.3 Å². The molecule has 45 heavy (non-hydrogen) atoms. The maximum atomic E-state index is 15.0. The number of anilines is 1. The van der Waals surface area contributed by atoms with Gasteiger partial charge in [0.2, 0.25) is 5.91 Å². The first kappa shape index (κ1) is 32.9. The minimum atomic E-state index is -4.27. The largest absolute Gasteiger partial charge is 0.404 e. The van der Waals surface area contributed by atoms with Crippen molar-refractivity contribution in [3.63, 3.8) is 0 Å². The van der Waals surface area contributed by atoms with Crippen molar-refractivity contribution in [3.05, 3.63) is 88.8 Å². The van der Waals surface area contributed by atoms with Gasteiger partial charge in [0.05, 0.1) is 17.5 Å². The number of nitrogens with one attached hydrogen (secondary N) is 1. The van der Waals surface area contributed by atoms with Crippen molar-refractivity contribution in [2.45, 2.75) is 83.5 Å². The number of hydrogen-bond acceptors (Lipinski definition) is 3. The lowest BCUT2D eigenvalue weighted by molar-refractivity contribution is -0.174. The van der Waals surface area contributed by atoms with Gasteiger partial charge in [0.1, 0.15) is 11.9 Å². The summed E-state index contributed by atoms with van der Waals surface area (Å²) in [6, 6.07) is 10.3. The Morgan fingerprint density at radius 3 is 2.40 bits per heavy atom. The van der Waals surface area contributed by atoms with Gasteiger partial charge >= 0.3 is 6.18 Å². The molecular weight excluding hydrogens is 582 g/mol. The van der Waals surface area contributed by atoms with Crippen LogP contribution < -0.4 is 5.32 Å². The van der Waals surface area contributed by atoms with E-state index in [-0.39, 0.29) is 35.8 Å². The summed E-state index contributed by atoms with van der Waals surface area (Å²) in [5, 5.41) is 3.09. The molecule has 2 fully saturated rings. The van der Waals surface area contributed by atoms with E-state index in [9.17, 15) is 22.8 Å². The van der Waals surface area contributed by atoms with Gasteiger partial charge in [0.15, 0.2) is 0 Å². The molecule has 0 aromatic heterocycles. The summed E-state index contributed by atoms with van der Waals surface area (Å²) in [6.45, 7) is 8.97. The lowest BCUT2D eigenvalue weighted by Crippen LogP contribution is -2.55. The molecule has 242 valence electrons. The zero-order valence-corrected chi connectivity index (χ0v) is 26.5. The third kappa shape index (κ3) is 7.35. The van der Waals surface area contributed by atoms with Crippen molar-refractivity contribution in [2.24, 2.45) is 11.8 Å². The van der Waals surface area contributed by atoms with Crippen LogP contribution in [-0.2, 0) is 10.2 Å². The highest BCUT2D eigenvalue weighted by Crippen LogP contribution is 2.38. The average Bonchev–Trinajstić information content (AvgIpc) is 3.46. The van der Waals surface area contributed by atoms with E-state index in [4.69, 9.17) is 0 Å². The maximum Gasteiger partial charge on any atom is 0.404 e. The number of amides is 2. The minimum absolute atomic E-state index is 0.00434. The Bertz CT molecular complexity index is 1460. The third-order valence-corrected chi connectivity index (χ3v) is 9.49. The van der Waals surface area contributed by atoms with E-state index in [1.54, 1.807) is 24.0 Å². The van der Waals surface area contributed by atoms with E-state index in [1.807, 2.05) is 42.5 Å². The first-order chi connectivity index (χ1) is 21.2. The minimum Gasteiger partial charge on any atom is -0.334 e. The highest BCUT2D eigenvalue weighted by Gasteiger charge is 2.46. The van der Waals surface area contributed by atoms with Crippen LogP contribution in [0.4, 0.5) is 23.2 Å². The Balaban J connectivity index is 1.41. The fraction of sp³-hybridized carbons (Fsp3) is 0.500. The molecule has 2 amide bonds. The molecule has 5 nitrogen and oxygen atoms in total. The van der Waals surface area contributed by atoms with Crippen molar-refractivity contribution >= 4 is 17.5 Å². The van der Waals surface area contributed by atoms with Gasteiger partial charge < -0.3 is 10.2 Å². The lowest BCUT2D eigenvalue weighted by atomic mass is 9.77. The van der Waals surface area contributed by atoms with Crippen LogP contribution in [0, 0.1) is 24.6 Å². The molecule has 1 aliphatic carbocycles. The summed E-state index contributed by atoms with van der Waals surface area (Å²) in [4.78, 5) is 31.1. The Hall–Kier alpha value is -3.46. The Kier molecular flexibility index (Phi) is 9.59. The first-order valence-corrected chi connectivity index (χ1v) is 15.9. The second-order valence-electron chi connectivity index (χ2n) is 13.7. The van der Waals surface area contributed by atoms with Gasteiger partial charge in [-0.25, -0.2) is 4.39 Å². The molecule has 0 bridgehead atoms. The zero-order valence-electron chi connectivity index (χ0n) is 26.5. The molecule has 2 aromatic carbocycles. The SMILES string of the molecule is Cc1cccc(F)c1C(=O)N1CCCC(C(=O)Nc2cccc(C(C)(C)C)c2)[C@@H]1C1C=CC(CN2CCC[C@@H]2C(F)(F)F)=CC1. The van der Waals surface area contributed by atoms with E-state index >= 15 is 4.39 Å². The van der Waals surface area contributed by atoms with Crippen LogP contribution in [0.15, 0.2) is 66.3 Å². The zero-order chi connectivity index (χ0) is 32.5. The smallest absolute Gasteiger partial charge is 0.334 e. The van der Waals surface area contributed by atoms with Crippen LogP contribution in [0.2, 0.25) is 0 Å². The number of carbonyl (C=O) groups is 2. The van der Waals surface area contributed by atoms with Crippen LogP contribution in [0.25, 0.3) is 0 Å². The number of halogens is 4. The first-order valence-electron chi connectivity index (χ1n) is 15.9. The van der Waals surface area contributed by atoms with E-state index in [0.717, 1.165) is 11.1 Å². The number of hydrogen-bond donors (Lipinski definition) is 1. The molecule has 5 rings (SSSR count). The number of alkyl halides is 3. The fourth-order valence-electron chi connectivity index (χ4n) is 7.09. The predicted octanol–water partition coefficient (Wildman–Crippen LogP) is 7.82. The van der Waals surface area contributed by atoms with E-state index in [2.05, 4.69) is 26.1 Å². The quantitative estimate of drug-likeness (QED) is 0.333. The Morgan fingerprint density at radius 1 is 1.00 bits per heavy atom. The molecule has 0 radical (unpaired) electrons. The number of likely N-dealkylation sites (tertiary alicyclic amines) is 2. The second-order valence-corrected chi connectivity index (χ2v) is 13.7. The molecule has 0 saturated carbocycles. The number of allylic oxidation sites excluding steroid dienone is 1. The van der Waals surface area contributed by atoms with Gasteiger partial charge in [0, 0.05) is 24.7 Å². The molecule has 2 aromatic rings. The summed E-state index contributed by atoms with van der Waals surface area (Å²) < 4.78 is 55.7. The Morgan fingerprint density at radius 2 is 1.73 bits per heavy atom. The molecule has 2 aliphatic heterocycles. The second kappa shape index (κ2) is 13.1. The summed E-state index contributed by atoms with van der Waals surface area (Å²) >= 11 is 0. The van der Waals surface area contributed by atoms with Crippen LogP contribution in [0.1, 0.15) is 74.4 Å². The molecule has 1 N–H and O–H groups in total. The molecule has 3 aliphatic rings. The third-order valence-electron chi connectivity index (χ3n) is 9.49. The molecule has 2 heterocycles. The molecule has 4 atom stereocenters. The van der Waals surface area contributed by atoms with Crippen molar-refractivity contribution in [1.29, 1.82) is 0 Å². The molecule has 9 heteroatoms. The van der Waals surface area contributed by atoms with Gasteiger partial charge in [-0.2, -0.15) is 13.2 Å². The summed E-state index contributed by atoms with van der Waals surface area (Å²) in [6.07, 6.45) is 3.65. The number of piperidine rings is 1. The summed E-state index contributed by atoms with van der Waals surface area (Å²) in [5.74, 6) is -2.08. The van der Waals surface area contributed by atoms with Crippen LogP contribution in [0.3, 0.4) is 0 Å². The fourth-order valence-corrected chi connectivity index (χ4v) is 7.09. The number of rotatable bonds is 6. The van der Waals surface area contributed by atoms with Gasteiger partial charge in [-0.3, -0.25) is 14.5 Å². The topological polar surface area (TPSA) is 52.7 Å². The molecule has 2 saturated heterocycles. The standard InChI is InChI=1S/C36H43F4N3O2/c1-23-9-5-13-29(37)31(23)34(45)43-20-7-12-28(33(44)41-27-11-6-10-26(21-27)35(2,3)4)32(43)25-17-15-24(16-18-25)22-42-19-8-14-30(42)36(38,39)40/h5-6,9-11,13,15-17,21,25,28,30,32H,7-8,12,14,18-20,22H2,1-4H3,(H,41,44)/t25?,28?,30-,32+/m1/s1. The van der Waals surface area contributed by atoms with Crippen LogP contribution in [-0.4, -0.2) is 59.5 Å². The number of carbonyl (C=O) groups excluding carboxylic acids is 2. The van der Waals surface area contributed by atoms with Crippen molar-refractivity contribution < 1.29 is 27.2 Å². The van der Waals surface area contributed by atoms with Gasteiger partial charge in [-0.15, -0.1) is 0 Å². The normalized spacial score (nSPS) is 24.4. The van der Waals surface area contributed by atoms with Crippen LogP contribution >= 0.6 is 0 Å². The van der Waals surface area contributed by atoms with Crippen LogP contribution in [0.5, 0.6) is 0 Å². The highest BCUT2D eigenvalue weighted by molar-refractivity contribution is 5.98. The van der Waals surface area contributed by atoms with E-state index < -0.39 is 35.9 Å². The monoisotopic (exact) mass is 625 g/mol. The van der Waals surface area contributed by atoms with E-state index in [1.165, 1.54) is 11.0 Å². The van der Waals surface area contributed by atoms with Crippen molar-refractivity contribution in [2.75, 3.05) is 25.0 Å². The molecule has 0 spiro atoms. The summed E-state index contributed by atoms with van der Waals surface area (Å²) in [5.41, 5.74) is 2.96. The summed E-state index contributed by atoms with van der Waals surface area (Å²) in [7, 11) is 0. The van der Waals surface area contributed by atoms with Gasteiger partial charge in [0.25, 0.3) is 5.91 Å². The van der Waals surface area contributed by atoms with Crippen molar-refractivity contribution in [1.82, 2.24) is 9.80 Å². The average molecular weight is 626 g/mol. The Labute approximate surface area is 263 Å². The molecule has 2 unspecified atom stereocenters. The number of aryl methyl sites for hydroxylation is 1. The maximum absolute atomic E-state index is 15.0. The van der Waals surface area contributed by atoms with E-state index in [0.29, 0.717) is 50.0 Å². The molecular formula is C36H43F4N3O2. The predicted molar refractivity (Wildman–Crippen MR) is 168 cm³/mol. The number of benzene rings is 2. The highest BCUT2D eigenvalue weighted by atomic mass is 19.4. The lowest BCUT2D eigenvalue weighted by Gasteiger charge is -2.44.